The molecule has 0 N–H and O–H groups in total. The lowest BCUT2D eigenvalue weighted by atomic mass is 10.2. The van der Waals surface area contributed by atoms with E-state index >= 15 is 0 Å². The van der Waals surface area contributed by atoms with Crippen molar-refractivity contribution in [1.82, 2.24) is 14.8 Å². The summed E-state index contributed by atoms with van der Waals surface area (Å²) in [5.41, 5.74) is 0.865. The van der Waals surface area contributed by atoms with Crippen LogP contribution in [0.3, 0.4) is 0 Å². The highest BCUT2D eigenvalue weighted by molar-refractivity contribution is 7.98. The molecule has 1 aromatic heterocycles. The maximum Gasteiger partial charge on any atom is 0.191 e. The number of benzene rings is 2. The zero-order valence-corrected chi connectivity index (χ0v) is 14.8. The Kier molecular flexibility index (Phi) is 5.55. The second-order valence-corrected chi connectivity index (χ2v) is 6.59. The Labute approximate surface area is 152 Å². The van der Waals surface area contributed by atoms with Crippen molar-refractivity contribution in [3.8, 4) is 5.75 Å². The first-order chi connectivity index (χ1) is 12.0. The fraction of sp³-hybridized carbons (Fsp3) is 0.176. The van der Waals surface area contributed by atoms with E-state index in [4.69, 9.17) is 16.3 Å². The minimum Gasteiger partial charge on any atom is -0.484 e. The number of hydrogen-bond acceptors (Lipinski definition) is 4. The smallest absolute Gasteiger partial charge is 0.191 e. The highest BCUT2D eigenvalue weighted by Gasteiger charge is 2.11. The molecule has 0 amide bonds. The van der Waals surface area contributed by atoms with E-state index < -0.39 is 5.82 Å². The van der Waals surface area contributed by atoms with Crippen LogP contribution in [0.1, 0.15) is 11.4 Å². The van der Waals surface area contributed by atoms with Crippen molar-refractivity contribution in [3.63, 3.8) is 0 Å². The molecule has 4 nitrogen and oxygen atoms in total. The largest absolute Gasteiger partial charge is 0.484 e. The lowest BCUT2D eigenvalue weighted by Gasteiger charge is -2.08. The summed E-state index contributed by atoms with van der Waals surface area (Å²) >= 11 is 7.38. The molecular formula is C17H14ClF2N3OS. The van der Waals surface area contributed by atoms with Crippen LogP contribution in [0.25, 0.3) is 0 Å². The second kappa shape index (κ2) is 7.84. The van der Waals surface area contributed by atoms with Crippen molar-refractivity contribution >= 4 is 23.4 Å². The average molecular weight is 382 g/mol. The van der Waals surface area contributed by atoms with Gasteiger partial charge in [0.1, 0.15) is 24.0 Å². The van der Waals surface area contributed by atoms with E-state index in [1.54, 1.807) is 10.6 Å². The standard InChI is InChI=1S/C17H14ClF2N3OS/c1-23-16(9-24-15-6-5-13(20)8-14(15)18)21-22-17(23)25-10-11-3-2-4-12(19)7-11/h2-8H,9-10H2,1H3. The van der Waals surface area contributed by atoms with Crippen LogP contribution in [0.15, 0.2) is 47.6 Å². The van der Waals surface area contributed by atoms with Crippen molar-refractivity contribution in [2.24, 2.45) is 7.05 Å². The van der Waals surface area contributed by atoms with Crippen LogP contribution >= 0.6 is 23.4 Å². The third kappa shape index (κ3) is 4.49. The first-order valence-electron chi connectivity index (χ1n) is 7.36. The summed E-state index contributed by atoms with van der Waals surface area (Å²) in [5, 5.41) is 9.08. The monoisotopic (exact) mass is 381 g/mol. The molecule has 0 fully saturated rings. The predicted octanol–water partition coefficient (Wildman–Crippen LogP) is 4.62. The first-order valence-corrected chi connectivity index (χ1v) is 8.72. The van der Waals surface area contributed by atoms with E-state index in [1.807, 2.05) is 13.1 Å². The molecule has 0 aliphatic heterocycles. The molecule has 130 valence electrons. The zero-order valence-electron chi connectivity index (χ0n) is 13.2. The quantitative estimate of drug-likeness (QED) is 0.584. The molecule has 0 saturated heterocycles. The van der Waals surface area contributed by atoms with Gasteiger partial charge in [-0.3, -0.25) is 0 Å². The van der Waals surface area contributed by atoms with E-state index in [9.17, 15) is 8.78 Å². The predicted molar refractivity (Wildman–Crippen MR) is 92.7 cm³/mol. The van der Waals surface area contributed by atoms with Gasteiger partial charge in [-0.2, -0.15) is 0 Å². The number of nitrogens with zero attached hydrogens (tertiary/aromatic N) is 3. The minimum absolute atomic E-state index is 0.148. The van der Waals surface area contributed by atoms with Crippen molar-refractivity contribution in [2.45, 2.75) is 17.5 Å². The van der Waals surface area contributed by atoms with Gasteiger partial charge in [-0.25, -0.2) is 8.78 Å². The van der Waals surface area contributed by atoms with Gasteiger partial charge in [0.05, 0.1) is 5.02 Å². The molecule has 1 heterocycles. The Morgan fingerprint density at radius 3 is 2.68 bits per heavy atom. The van der Waals surface area contributed by atoms with Gasteiger partial charge in [-0.05, 0) is 35.9 Å². The second-order valence-electron chi connectivity index (χ2n) is 5.24. The van der Waals surface area contributed by atoms with Gasteiger partial charge in [0, 0.05) is 12.8 Å². The van der Waals surface area contributed by atoms with Crippen LogP contribution in [0.4, 0.5) is 8.78 Å². The summed E-state index contributed by atoms with van der Waals surface area (Å²) < 4.78 is 33.6. The van der Waals surface area contributed by atoms with Crippen molar-refractivity contribution in [1.29, 1.82) is 0 Å². The van der Waals surface area contributed by atoms with Gasteiger partial charge in [0.15, 0.2) is 11.0 Å². The summed E-state index contributed by atoms with van der Waals surface area (Å²) in [7, 11) is 1.82. The maximum atomic E-state index is 13.2. The van der Waals surface area contributed by atoms with Crippen LogP contribution in [-0.2, 0) is 19.4 Å². The molecule has 0 aliphatic carbocycles. The molecule has 0 atom stereocenters. The molecule has 3 aromatic rings. The Morgan fingerprint density at radius 2 is 1.92 bits per heavy atom. The van der Waals surface area contributed by atoms with Crippen LogP contribution in [0.2, 0.25) is 5.02 Å². The summed E-state index contributed by atoms with van der Waals surface area (Å²) in [4.78, 5) is 0. The highest BCUT2D eigenvalue weighted by Crippen LogP contribution is 2.26. The third-order valence-electron chi connectivity index (χ3n) is 3.43. The molecule has 8 heteroatoms. The molecule has 0 spiro atoms. The summed E-state index contributed by atoms with van der Waals surface area (Å²) in [5.74, 6) is 0.865. The van der Waals surface area contributed by atoms with Gasteiger partial charge in [0.25, 0.3) is 0 Å². The van der Waals surface area contributed by atoms with Crippen LogP contribution < -0.4 is 4.74 Å². The van der Waals surface area contributed by atoms with Gasteiger partial charge >= 0.3 is 0 Å². The fourth-order valence-electron chi connectivity index (χ4n) is 2.11. The van der Waals surface area contributed by atoms with E-state index in [1.165, 1.54) is 42.1 Å². The zero-order chi connectivity index (χ0) is 17.8. The van der Waals surface area contributed by atoms with Crippen molar-refractivity contribution < 1.29 is 13.5 Å². The Bertz CT molecular complexity index is 888. The normalized spacial score (nSPS) is 10.9. The molecule has 0 saturated carbocycles. The van der Waals surface area contributed by atoms with Gasteiger partial charge < -0.3 is 9.30 Å². The molecule has 25 heavy (non-hydrogen) atoms. The van der Waals surface area contributed by atoms with Crippen molar-refractivity contribution in [3.05, 3.63) is 70.5 Å². The number of halogens is 3. The lowest BCUT2D eigenvalue weighted by molar-refractivity contribution is 0.290. The maximum absolute atomic E-state index is 13.2. The molecule has 2 aromatic carbocycles. The lowest BCUT2D eigenvalue weighted by Crippen LogP contribution is -2.04. The number of hydrogen-bond donors (Lipinski definition) is 0. The van der Waals surface area contributed by atoms with Gasteiger partial charge in [0.2, 0.25) is 0 Å². The van der Waals surface area contributed by atoms with Crippen LogP contribution in [-0.4, -0.2) is 14.8 Å². The summed E-state index contributed by atoms with van der Waals surface area (Å²) in [6, 6.07) is 10.4. The highest BCUT2D eigenvalue weighted by atomic mass is 35.5. The topological polar surface area (TPSA) is 39.9 Å². The van der Waals surface area contributed by atoms with E-state index in [2.05, 4.69) is 10.2 Å². The van der Waals surface area contributed by atoms with E-state index in [0.717, 1.165) is 5.56 Å². The van der Waals surface area contributed by atoms with Gasteiger partial charge in [-0.15, -0.1) is 10.2 Å². The summed E-state index contributed by atoms with van der Waals surface area (Å²) in [6.07, 6.45) is 0. The number of ether oxygens (including phenoxy) is 1. The number of thioether (sulfide) groups is 1. The van der Waals surface area contributed by atoms with E-state index in [-0.39, 0.29) is 17.4 Å². The Hall–Kier alpha value is -2.12. The van der Waals surface area contributed by atoms with Crippen LogP contribution in [0.5, 0.6) is 5.75 Å². The molecule has 0 aliphatic rings. The molecule has 0 unspecified atom stereocenters. The van der Waals surface area contributed by atoms with Crippen molar-refractivity contribution in [2.75, 3.05) is 0 Å². The fourth-order valence-corrected chi connectivity index (χ4v) is 3.20. The molecule has 0 bridgehead atoms. The minimum atomic E-state index is -0.424. The first kappa shape index (κ1) is 17.7. The molecule has 0 radical (unpaired) electrons. The number of rotatable bonds is 6. The third-order valence-corrected chi connectivity index (χ3v) is 4.82. The van der Waals surface area contributed by atoms with Crippen LogP contribution in [0, 0.1) is 11.6 Å². The molecular weight excluding hydrogens is 368 g/mol. The Balaban J connectivity index is 1.62. The molecule has 3 rings (SSSR count). The SMILES string of the molecule is Cn1c(COc2ccc(F)cc2Cl)nnc1SCc1cccc(F)c1. The summed E-state index contributed by atoms with van der Waals surface area (Å²) in [6.45, 7) is 0.148. The Morgan fingerprint density at radius 1 is 1.12 bits per heavy atom. The van der Waals surface area contributed by atoms with Gasteiger partial charge in [-0.1, -0.05) is 35.5 Å². The number of aromatic nitrogens is 3. The van der Waals surface area contributed by atoms with E-state index in [0.29, 0.717) is 22.5 Å². The average Bonchev–Trinajstić information content (AvgIpc) is 2.92.